The zero-order chi connectivity index (χ0) is 5.15. The van der Waals surface area contributed by atoms with E-state index in [1.165, 1.54) is 0 Å². The Hall–Kier alpha value is -0.240. The van der Waals surface area contributed by atoms with E-state index in [9.17, 15) is 4.79 Å². The minimum atomic E-state index is -0.241. The monoisotopic (exact) mass is 123 g/mol. The van der Waals surface area contributed by atoms with Gasteiger partial charge in [0.25, 0.3) is 0 Å². The highest BCUT2D eigenvalue weighted by molar-refractivity contribution is 5.85. The van der Waals surface area contributed by atoms with Crippen molar-refractivity contribution in [3.8, 4) is 0 Å². The predicted molar refractivity (Wildman–Crippen MR) is 31.3 cm³/mol. The van der Waals surface area contributed by atoms with Crippen molar-refractivity contribution in [3.63, 3.8) is 0 Å². The lowest BCUT2D eigenvalue weighted by Crippen LogP contribution is -2.17. The van der Waals surface area contributed by atoms with Gasteiger partial charge in [-0.1, -0.05) is 13.8 Å². The second kappa shape index (κ2) is 3.93. The second-order valence-electron chi connectivity index (χ2n) is 1.56. The molecule has 1 amide bonds. The van der Waals surface area contributed by atoms with Crippen LogP contribution in [0, 0.1) is 5.92 Å². The van der Waals surface area contributed by atoms with Crippen molar-refractivity contribution in [2.75, 3.05) is 0 Å². The topological polar surface area (TPSA) is 43.1 Å². The minimum Gasteiger partial charge on any atom is -0.369 e. The average molecular weight is 124 g/mol. The first kappa shape index (κ1) is 9.90. The highest BCUT2D eigenvalue weighted by Crippen LogP contribution is 1.84. The van der Waals surface area contributed by atoms with E-state index in [4.69, 9.17) is 5.73 Å². The number of carbonyl (C=O) groups is 1. The van der Waals surface area contributed by atoms with E-state index in [-0.39, 0.29) is 24.2 Å². The van der Waals surface area contributed by atoms with Crippen LogP contribution < -0.4 is 5.73 Å². The van der Waals surface area contributed by atoms with E-state index in [1.54, 1.807) is 13.8 Å². The van der Waals surface area contributed by atoms with Crippen molar-refractivity contribution >= 4 is 18.3 Å². The molecule has 3 heteroatoms. The van der Waals surface area contributed by atoms with Crippen LogP contribution in [0.5, 0.6) is 0 Å². The zero-order valence-corrected chi connectivity index (χ0v) is 5.29. The largest absolute Gasteiger partial charge is 0.369 e. The molecule has 0 fully saturated rings. The van der Waals surface area contributed by atoms with Crippen LogP contribution in [0.4, 0.5) is 0 Å². The molecule has 2 nitrogen and oxygen atoms in total. The fraction of sp³-hybridized carbons (Fsp3) is 0.750. The molecule has 0 aromatic rings. The van der Waals surface area contributed by atoms with Crippen molar-refractivity contribution in [2.45, 2.75) is 13.8 Å². The lowest BCUT2D eigenvalue weighted by molar-refractivity contribution is -0.120. The molecule has 0 bridgehead atoms. The second-order valence-corrected chi connectivity index (χ2v) is 1.56. The van der Waals surface area contributed by atoms with Gasteiger partial charge in [0.05, 0.1) is 0 Å². The summed E-state index contributed by atoms with van der Waals surface area (Å²) in [5.41, 5.74) is 4.80. The number of carbonyl (C=O) groups excluding carboxylic acids is 1. The van der Waals surface area contributed by atoms with E-state index in [2.05, 4.69) is 0 Å². The van der Waals surface area contributed by atoms with E-state index in [0.29, 0.717) is 0 Å². The Morgan fingerprint density at radius 1 is 1.57 bits per heavy atom. The summed E-state index contributed by atoms with van der Waals surface area (Å²) >= 11 is 0. The number of nitrogens with two attached hydrogens (primary N) is 1. The van der Waals surface area contributed by atoms with Gasteiger partial charge in [0.1, 0.15) is 0 Å². The smallest absolute Gasteiger partial charge is 0.219 e. The van der Waals surface area contributed by atoms with Crippen molar-refractivity contribution in [1.82, 2.24) is 0 Å². The lowest BCUT2D eigenvalue weighted by atomic mass is 10.2. The summed E-state index contributed by atoms with van der Waals surface area (Å²) in [5, 5.41) is 0. The molecular weight excluding hydrogens is 114 g/mol. The van der Waals surface area contributed by atoms with E-state index in [1.807, 2.05) is 0 Å². The molecular formula is C4H10ClNO. The number of hydrogen-bond acceptors (Lipinski definition) is 1. The highest BCUT2D eigenvalue weighted by atomic mass is 35.5. The summed E-state index contributed by atoms with van der Waals surface area (Å²) in [4.78, 5) is 9.92. The van der Waals surface area contributed by atoms with Gasteiger partial charge in [-0.2, -0.15) is 0 Å². The summed E-state index contributed by atoms with van der Waals surface area (Å²) < 4.78 is 0. The Morgan fingerprint density at radius 2 is 1.71 bits per heavy atom. The van der Waals surface area contributed by atoms with Gasteiger partial charge in [0, 0.05) is 5.92 Å². The summed E-state index contributed by atoms with van der Waals surface area (Å²) in [6.07, 6.45) is 0. The molecule has 0 rings (SSSR count). The minimum absolute atomic E-state index is 0. The van der Waals surface area contributed by atoms with E-state index < -0.39 is 0 Å². The summed E-state index contributed by atoms with van der Waals surface area (Å²) in [5.74, 6) is -0.250. The molecule has 0 aliphatic rings. The summed E-state index contributed by atoms with van der Waals surface area (Å²) in [6.45, 7) is 3.53. The SMILES string of the molecule is CC(C)C(N)=O.Cl. The van der Waals surface area contributed by atoms with Crippen LogP contribution in [-0.2, 0) is 4.79 Å². The lowest BCUT2D eigenvalue weighted by Gasteiger charge is -1.90. The normalized spacial score (nSPS) is 7.86. The third-order valence-corrected chi connectivity index (χ3v) is 0.569. The molecule has 0 aromatic carbocycles. The van der Waals surface area contributed by atoms with Gasteiger partial charge in [0.15, 0.2) is 0 Å². The molecule has 0 radical (unpaired) electrons. The number of halogens is 1. The van der Waals surface area contributed by atoms with Gasteiger partial charge in [-0.25, -0.2) is 0 Å². The number of hydrogen-bond donors (Lipinski definition) is 1. The quantitative estimate of drug-likeness (QED) is 0.544. The van der Waals surface area contributed by atoms with Crippen molar-refractivity contribution in [3.05, 3.63) is 0 Å². The molecule has 0 aliphatic heterocycles. The first-order valence-corrected chi connectivity index (χ1v) is 1.94. The van der Waals surface area contributed by atoms with Crippen LogP contribution in [0.2, 0.25) is 0 Å². The Bertz CT molecular complexity index is 62.7. The Morgan fingerprint density at radius 3 is 1.71 bits per heavy atom. The molecule has 0 aliphatic carbocycles. The molecule has 0 spiro atoms. The predicted octanol–water partition coefficient (Wildman–Crippen LogP) is 0.549. The van der Waals surface area contributed by atoms with Gasteiger partial charge in [0.2, 0.25) is 5.91 Å². The standard InChI is InChI=1S/C4H9NO.ClH/c1-3(2)4(5)6;/h3H,1-2H3,(H2,5,6);1H. The average Bonchev–Trinajstić information content (AvgIpc) is 1.36. The van der Waals surface area contributed by atoms with Crippen LogP contribution in [-0.4, -0.2) is 5.91 Å². The molecule has 0 aromatic heterocycles. The van der Waals surface area contributed by atoms with Gasteiger partial charge in [-0.05, 0) is 0 Å². The van der Waals surface area contributed by atoms with Gasteiger partial charge >= 0.3 is 0 Å². The van der Waals surface area contributed by atoms with E-state index in [0.717, 1.165) is 0 Å². The Labute approximate surface area is 49.5 Å². The Kier molecular flexibility index (Phi) is 5.56. The first-order chi connectivity index (χ1) is 2.64. The van der Waals surface area contributed by atoms with Crippen molar-refractivity contribution in [1.29, 1.82) is 0 Å². The zero-order valence-electron chi connectivity index (χ0n) is 4.47. The number of amides is 1. The summed E-state index contributed by atoms with van der Waals surface area (Å²) in [6, 6.07) is 0. The third-order valence-electron chi connectivity index (χ3n) is 0.569. The molecule has 44 valence electrons. The molecule has 7 heavy (non-hydrogen) atoms. The molecule has 0 atom stereocenters. The maximum atomic E-state index is 9.92. The van der Waals surface area contributed by atoms with Crippen LogP contribution in [0.25, 0.3) is 0 Å². The van der Waals surface area contributed by atoms with Gasteiger partial charge in [-0.15, -0.1) is 12.4 Å². The van der Waals surface area contributed by atoms with Gasteiger partial charge in [-0.3, -0.25) is 4.79 Å². The molecule has 0 heterocycles. The number of rotatable bonds is 1. The van der Waals surface area contributed by atoms with Crippen LogP contribution >= 0.6 is 12.4 Å². The maximum absolute atomic E-state index is 9.92. The molecule has 0 saturated carbocycles. The van der Waals surface area contributed by atoms with Crippen LogP contribution in [0.1, 0.15) is 13.8 Å². The summed E-state index contributed by atoms with van der Waals surface area (Å²) in [7, 11) is 0. The molecule has 2 N–H and O–H groups in total. The van der Waals surface area contributed by atoms with Gasteiger partial charge < -0.3 is 5.73 Å². The molecule has 0 saturated heterocycles. The fourth-order valence-electron chi connectivity index (χ4n) is 0. The van der Waals surface area contributed by atoms with Crippen LogP contribution in [0.3, 0.4) is 0 Å². The third kappa shape index (κ3) is 5.76. The first-order valence-electron chi connectivity index (χ1n) is 1.94. The van der Waals surface area contributed by atoms with E-state index >= 15 is 0 Å². The van der Waals surface area contributed by atoms with Crippen molar-refractivity contribution in [2.24, 2.45) is 11.7 Å². The van der Waals surface area contributed by atoms with Crippen LogP contribution in [0.15, 0.2) is 0 Å². The maximum Gasteiger partial charge on any atom is 0.219 e. The fourth-order valence-corrected chi connectivity index (χ4v) is 0. The number of primary amides is 1. The Balaban J connectivity index is 0. The van der Waals surface area contributed by atoms with Crippen molar-refractivity contribution < 1.29 is 4.79 Å². The molecule has 0 unspecified atom stereocenters. The highest BCUT2D eigenvalue weighted by Gasteiger charge is 1.96.